The summed E-state index contributed by atoms with van der Waals surface area (Å²) >= 11 is 8.01. The fourth-order valence-corrected chi connectivity index (χ4v) is 4.05. The maximum Gasteiger partial charge on any atom is 0.0905 e. The zero-order chi connectivity index (χ0) is 18.4. The molecular weight excluding hydrogens is 362 g/mol. The fourth-order valence-electron chi connectivity index (χ4n) is 2.90. The molecule has 0 spiro atoms. The summed E-state index contributed by atoms with van der Waals surface area (Å²) in [6.45, 7) is 7.65. The standard InChI is InChI=1S/C21H24ClN3S/c1-3-25(4-2)12-13-26-21-15-19(16-8-6-5-7-9-16)23-20-14-17(22)10-11-18(20)24-21/h5-11,14H,3-4,12-13,15H2,1-2H3. The van der Waals surface area contributed by atoms with Gasteiger partial charge in [-0.1, -0.05) is 55.8 Å². The van der Waals surface area contributed by atoms with Crippen LogP contribution in [0.25, 0.3) is 0 Å². The highest BCUT2D eigenvalue weighted by molar-refractivity contribution is 8.14. The summed E-state index contributed by atoms with van der Waals surface area (Å²) < 4.78 is 0. The molecule has 0 bridgehead atoms. The third-order valence-corrected chi connectivity index (χ3v) is 5.62. The van der Waals surface area contributed by atoms with E-state index in [2.05, 4.69) is 30.9 Å². The van der Waals surface area contributed by atoms with Gasteiger partial charge in [0, 0.05) is 23.7 Å². The molecule has 0 aromatic heterocycles. The Hall–Kier alpha value is -1.62. The molecule has 5 heteroatoms. The Balaban J connectivity index is 1.86. The molecule has 0 unspecified atom stereocenters. The number of nitrogens with zero attached hydrogens (tertiary/aromatic N) is 3. The van der Waals surface area contributed by atoms with Gasteiger partial charge < -0.3 is 4.90 Å². The summed E-state index contributed by atoms with van der Waals surface area (Å²) in [6.07, 6.45) is 0.749. The van der Waals surface area contributed by atoms with E-state index in [0.29, 0.717) is 5.02 Å². The second kappa shape index (κ2) is 9.36. The van der Waals surface area contributed by atoms with Crippen molar-refractivity contribution < 1.29 is 0 Å². The van der Waals surface area contributed by atoms with Crippen LogP contribution in [-0.2, 0) is 0 Å². The van der Waals surface area contributed by atoms with Gasteiger partial charge in [-0.25, -0.2) is 4.99 Å². The van der Waals surface area contributed by atoms with Crippen LogP contribution in [0.4, 0.5) is 11.4 Å². The van der Waals surface area contributed by atoms with E-state index in [9.17, 15) is 0 Å². The topological polar surface area (TPSA) is 28.0 Å². The van der Waals surface area contributed by atoms with Gasteiger partial charge in [0.15, 0.2) is 0 Å². The third-order valence-electron chi connectivity index (χ3n) is 4.43. The van der Waals surface area contributed by atoms with Crippen molar-refractivity contribution in [2.75, 3.05) is 25.4 Å². The van der Waals surface area contributed by atoms with Crippen molar-refractivity contribution in [2.45, 2.75) is 20.3 Å². The summed E-state index contributed by atoms with van der Waals surface area (Å²) in [7, 11) is 0. The quantitative estimate of drug-likeness (QED) is 0.612. The number of benzene rings is 2. The highest BCUT2D eigenvalue weighted by Crippen LogP contribution is 2.35. The molecule has 0 saturated carbocycles. The van der Waals surface area contributed by atoms with Crippen molar-refractivity contribution in [1.29, 1.82) is 0 Å². The predicted molar refractivity (Wildman–Crippen MR) is 116 cm³/mol. The molecule has 0 saturated heterocycles. The second-order valence-electron chi connectivity index (χ2n) is 6.12. The van der Waals surface area contributed by atoms with Gasteiger partial charge in [-0.15, -0.1) is 11.8 Å². The molecule has 1 aliphatic heterocycles. The molecule has 0 atom stereocenters. The van der Waals surface area contributed by atoms with E-state index in [4.69, 9.17) is 21.6 Å². The highest BCUT2D eigenvalue weighted by atomic mass is 35.5. The number of hydrogen-bond acceptors (Lipinski definition) is 4. The zero-order valence-corrected chi connectivity index (χ0v) is 16.9. The Morgan fingerprint density at radius 3 is 2.50 bits per heavy atom. The summed E-state index contributed by atoms with van der Waals surface area (Å²) in [5.74, 6) is 1.03. The monoisotopic (exact) mass is 385 g/mol. The lowest BCUT2D eigenvalue weighted by atomic mass is 10.1. The van der Waals surface area contributed by atoms with Crippen molar-refractivity contribution in [1.82, 2.24) is 4.90 Å². The van der Waals surface area contributed by atoms with E-state index in [-0.39, 0.29) is 0 Å². The van der Waals surface area contributed by atoms with Gasteiger partial charge in [0.2, 0.25) is 0 Å². The largest absolute Gasteiger partial charge is 0.303 e. The van der Waals surface area contributed by atoms with Crippen LogP contribution < -0.4 is 0 Å². The predicted octanol–water partition coefficient (Wildman–Crippen LogP) is 5.97. The van der Waals surface area contributed by atoms with Gasteiger partial charge in [0.25, 0.3) is 0 Å². The summed E-state index contributed by atoms with van der Waals surface area (Å²) in [4.78, 5) is 12.2. The molecule has 136 valence electrons. The van der Waals surface area contributed by atoms with E-state index >= 15 is 0 Å². The highest BCUT2D eigenvalue weighted by Gasteiger charge is 2.16. The fraction of sp³-hybridized carbons (Fsp3) is 0.333. The molecule has 1 aliphatic rings. The number of aliphatic imine (C=N–C) groups is 2. The van der Waals surface area contributed by atoms with Gasteiger partial charge >= 0.3 is 0 Å². The number of thioether (sulfide) groups is 1. The average molecular weight is 386 g/mol. The maximum atomic E-state index is 6.18. The summed E-state index contributed by atoms with van der Waals surface area (Å²) in [5, 5.41) is 1.80. The minimum absolute atomic E-state index is 0.688. The number of rotatable bonds is 6. The Bertz CT molecular complexity index is 798. The Labute approximate surface area is 165 Å². The first-order chi connectivity index (χ1) is 12.7. The van der Waals surface area contributed by atoms with E-state index in [1.165, 1.54) is 0 Å². The summed E-state index contributed by atoms with van der Waals surface area (Å²) in [5.41, 5.74) is 3.92. The van der Waals surface area contributed by atoms with E-state index in [0.717, 1.165) is 59.5 Å². The molecule has 1 heterocycles. The molecule has 3 nitrogen and oxygen atoms in total. The normalized spacial score (nSPS) is 13.8. The maximum absolute atomic E-state index is 6.18. The van der Waals surface area contributed by atoms with Gasteiger partial charge in [-0.05, 0) is 36.9 Å². The molecule has 26 heavy (non-hydrogen) atoms. The molecule has 0 N–H and O–H groups in total. The molecule has 2 aromatic carbocycles. The van der Waals surface area contributed by atoms with Gasteiger partial charge in [0.1, 0.15) is 0 Å². The molecular formula is C21H24ClN3S. The lowest BCUT2D eigenvalue weighted by Crippen LogP contribution is -2.25. The average Bonchev–Trinajstić information content (AvgIpc) is 2.85. The van der Waals surface area contributed by atoms with Crippen LogP contribution in [0.2, 0.25) is 5.02 Å². The van der Waals surface area contributed by atoms with Crippen molar-refractivity contribution in [3.63, 3.8) is 0 Å². The number of hydrogen-bond donors (Lipinski definition) is 0. The van der Waals surface area contributed by atoms with E-state index in [1.54, 1.807) is 0 Å². The molecule has 0 fully saturated rings. The molecule has 0 radical (unpaired) electrons. The van der Waals surface area contributed by atoms with Crippen LogP contribution in [0.5, 0.6) is 0 Å². The first-order valence-corrected chi connectivity index (χ1v) is 10.4. The molecule has 0 amide bonds. The van der Waals surface area contributed by atoms with Crippen molar-refractivity contribution in [3.05, 3.63) is 59.1 Å². The first-order valence-electron chi connectivity index (χ1n) is 9.04. The van der Waals surface area contributed by atoms with Crippen LogP contribution in [0, 0.1) is 0 Å². The third kappa shape index (κ3) is 4.97. The van der Waals surface area contributed by atoms with Gasteiger partial charge in [-0.2, -0.15) is 0 Å². The Kier molecular flexibility index (Phi) is 6.89. The van der Waals surface area contributed by atoms with Crippen LogP contribution in [-0.4, -0.2) is 41.0 Å². The van der Waals surface area contributed by atoms with Gasteiger partial charge in [0.05, 0.1) is 22.1 Å². The van der Waals surface area contributed by atoms with Crippen LogP contribution in [0.3, 0.4) is 0 Å². The van der Waals surface area contributed by atoms with Gasteiger partial charge in [-0.3, -0.25) is 4.99 Å². The second-order valence-corrected chi connectivity index (χ2v) is 7.72. The number of fused-ring (bicyclic) bond motifs is 1. The lowest BCUT2D eigenvalue weighted by Gasteiger charge is -2.17. The number of halogens is 1. The molecule has 2 aromatic rings. The molecule has 3 rings (SSSR count). The van der Waals surface area contributed by atoms with Crippen LogP contribution >= 0.6 is 23.4 Å². The lowest BCUT2D eigenvalue weighted by molar-refractivity contribution is 0.324. The SMILES string of the molecule is CCN(CC)CCSC1=Nc2ccc(Cl)cc2N=C(c2ccccc2)C1. The van der Waals surface area contributed by atoms with E-state index < -0.39 is 0 Å². The summed E-state index contributed by atoms with van der Waals surface area (Å²) in [6, 6.07) is 16.1. The van der Waals surface area contributed by atoms with Crippen molar-refractivity contribution in [2.24, 2.45) is 9.98 Å². The van der Waals surface area contributed by atoms with Crippen LogP contribution in [0.15, 0.2) is 58.5 Å². The van der Waals surface area contributed by atoms with Crippen molar-refractivity contribution in [3.8, 4) is 0 Å². The minimum Gasteiger partial charge on any atom is -0.303 e. The van der Waals surface area contributed by atoms with Crippen LogP contribution in [0.1, 0.15) is 25.8 Å². The smallest absolute Gasteiger partial charge is 0.0905 e. The first kappa shape index (κ1) is 19.2. The van der Waals surface area contributed by atoms with E-state index in [1.807, 2.05) is 48.2 Å². The van der Waals surface area contributed by atoms with Crippen molar-refractivity contribution >= 4 is 45.5 Å². The zero-order valence-electron chi connectivity index (χ0n) is 15.3. The Morgan fingerprint density at radius 1 is 1.00 bits per heavy atom. The minimum atomic E-state index is 0.688. The molecule has 0 aliphatic carbocycles. The Morgan fingerprint density at radius 2 is 1.77 bits per heavy atom.